The number of methoxy groups -OCH3 is 1. The van der Waals surface area contributed by atoms with Crippen LogP contribution in [-0.4, -0.2) is 46.7 Å². The Morgan fingerprint density at radius 1 is 1.27 bits per heavy atom. The summed E-state index contributed by atoms with van der Waals surface area (Å²) < 4.78 is 39.0. The minimum Gasteiger partial charge on any atom is -0.495 e. The lowest BCUT2D eigenvalue weighted by Gasteiger charge is -2.20. The van der Waals surface area contributed by atoms with E-state index in [1.807, 2.05) is 30.3 Å². The monoisotopic (exact) mass is 452 g/mol. The van der Waals surface area contributed by atoms with Gasteiger partial charge in [-0.05, 0) is 43.0 Å². The molecule has 30 heavy (non-hydrogen) atoms. The molecule has 0 aromatic heterocycles. The van der Waals surface area contributed by atoms with Gasteiger partial charge in [-0.2, -0.15) is 4.72 Å². The highest BCUT2D eigenvalue weighted by Crippen LogP contribution is 2.27. The van der Waals surface area contributed by atoms with Crippen LogP contribution in [0.4, 0.5) is 0 Å². The summed E-state index contributed by atoms with van der Waals surface area (Å²) in [6.07, 6.45) is 2.00. The van der Waals surface area contributed by atoms with E-state index < -0.39 is 22.0 Å². The van der Waals surface area contributed by atoms with Crippen molar-refractivity contribution in [2.24, 2.45) is 0 Å². The van der Waals surface area contributed by atoms with Gasteiger partial charge in [0.15, 0.2) is 0 Å². The third-order valence-electron chi connectivity index (χ3n) is 4.86. The molecule has 9 heteroatoms. The summed E-state index contributed by atoms with van der Waals surface area (Å²) in [5, 5.41) is 2.98. The van der Waals surface area contributed by atoms with E-state index in [2.05, 4.69) is 10.0 Å². The molecule has 1 aliphatic heterocycles. The van der Waals surface area contributed by atoms with Crippen molar-refractivity contribution in [2.45, 2.75) is 36.3 Å². The van der Waals surface area contributed by atoms with Gasteiger partial charge in [0.05, 0.1) is 23.1 Å². The van der Waals surface area contributed by atoms with Crippen molar-refractivity contribution in [1.82, 2.24) is 10.0 Å². The number of carbonyl (C=O) groups is 1. The molecule has 1 heterocycles. The zero-order valence-corrected chi connectivity index (χ0v) is 18.2. The van der Waals surface area contributed by atoms with E-state index in [1.165, 1.54) is 25.3 Å². The highest BCUT2D eigenvalue weighted by molar-refractivity contribution is 7.89. The third-order valence-corrected chi connectivity index (χ3v) is 6.62. The Labute approximate surface area is 181 Å². The molecule has 2 N–H and O–H groups in total. The number of amides is 1. The molecule has 1 fully saturated rings. The average molecular weight is 453 g/mol. The van der Waals surface area contributed by atoms with Crippen molar-refractivity contribution in [3.63, 3.8) is 0 Å². The summed E-state index contributed by atoms with van der Waals surface area (Å²) in [6.45, 7) is 1.03. The summed E-state index contributed by atoms with van der Waals surface area (Å²) in [4.78, 5) is 12.8. The lowest BCUT2D eigenvalue weighted by molar-refractivity contribution is -0.123. The SMILES string of the molecule is COc1ccc(S(=O)(=O)N[C@H](Cc2ccccc2)C(=O)NC[C@@H]2CCCO2)cc1Cl. The molecule has 162 valence electrons. The van der Waals surface area contributed by atoms with E-state index in [1.54, 1.807) is 0 Å². The molecule has 3 rings (SSSR count). The number of sulfonamides is 1. The highest BCUT2D eigenvalue weighted by Gasteiger charge is 2.27. The van der Waals surface area contributed by atoms with Crippen LogP contribution in [0.15, 0.2) is 53.4 Å². The summed E-state index contributed by atoms with van der Waals surface area (Å²) >= 11 is 6.08. The van der Waals surface area contributed by atoms with Gasteiger partial charge in [0.25, 0.3) is 0 Å². The van der Waals surface area contributed by atoms with E-state index >= 15 is 0 Å². The number of rotatable bonds is 9. The number of hydrogen-bond acceptors (Lipinski definition) is 5. The van der Waals surface area contributed by atoms with Gasteiger partial charge in [-0.15, -0.1) is 0 Å². The number of ether oxygens (including phenoxy) is 2. The molecule has 0 spiro atoms. The van der Waals surface area contributed by atoms with Crippen molar-refractivity contribution < 1.29 is 22.7 Å². The van der Waals surface area contributed by atoms with Crippen molar-refractivity contribution >= 4 is 27.5 Å². The Balaban J connectivity index is 1.77. The molecule has 1 saturated heterocycles. The Hall–Kier alpha value is -2.13. The summed E-state index contributed by atoms with van der Waals surface area (Å²) in [5.74, 6) is -0.0386. The lowest BCUT2D eigenvalue weighted by atomic mass is 10.1. The minimum absolute atomic E-state index is 0.0386. The van der Waals surface area contributed by atoms with Crippen molar-refractivity contribution in [2.75, 3.05) is 20.3 Å². The first-order valence-electron chi connectivity index (χ1n) is 9.68. The van der Waals surface area contributed by atoms with Gasteiger partial charge in [0.2, 0.25) is 15.9 Å². The second kappa shape index (κ2) is 10.3. The minimum atomic E-state index is -3.99. The van der Waals surface area contributed by atoms with Crippen molar-refractivity contribution in [3.05, 3.63) is 59.1 Å². The first-order valence-corrected chi connectivity index (χ1v) is 11.5. The zero-order chi connectivity index (χ0) is 21.6. The second-order valence-electron chi connectivity index (χ2n) is 7.04. The van der Waals surface area contributed by atoms with Gasteiger partial charge < -0.3 is 14.8 Å². The van der Waals surface area contributed by atoms with Gasteiger partial charge in [-0.25, -0.2) is 8.42 Å². The number of carbonyl (C=O) groups excluding carboxylic acids is 1. The van der Waals surface area contributed by atoms with Crippen LogP contribution in [0.2, 0.25) is 5.02 Å². The van der Waals surface area contributed by atoms with Crippen LogP contribution in [0.25, 0.3) is 0 Å². The van der Waals surface area contributed by atoms with E-state index in [-0.39, 0.29) is 22.4 Å². The molecular formula is C21H25ClN2O5S. The molecule has 2 aromatic carbocycles. The molecule has 0 saturated carbocycles. The molecule has 2 atom stereocenters. The molecular weight excluding hydrogens is 428 g/mol. The molecule has 1 amide bonds. The average Bonchev–Trinajstić information content (AvgIpc) is 3.26. The summed E-state index contributed by atoms with van der Waals surface area (Å²) in [7, 11) is -2.55. The Morgan fingerprint density at radius 2 is 2.03 bits per heavy atom. The zero-order valence-electron chi connectivity index (χ0n) is 16.6. The fourth-order valence-corrected chi connectivity index (χ4v) is 4.79. The Bertz CT molecular complexity index is 963. The maximum Gasteiger partial charge on any atom is 0.241 e. The molecule has 0 radical (unpaired) electrons. The van der Waals surface area contributed by atoms with Gasteiger partial charge >= 0.3 is 0 Å². The maximum absolute atomic E-state index is 12.9. The topological polar surface area (TPSA) is 93.7 Å². The number of halogens is 1. The predicted molar refractivity (Wildman–Crippen MR) is 114 cm³/mol. The third kappa shape index (κ3) is 5.95. The van der Waals surface area contributed by atoms with Crippen LogP contribution >= 0.6 is 11.6 Å². The van der Waals surface area contributed by atoms with Crippen LogP contribution in [0.1, 0.15) is 18.4 Å². The van der Waals surface area contributed by atoms with E-state index in [4.69, 9.17) is 21.1 Å². The lowest BCUT2D eigenvalue weighted by Crippen LogP contribution is -2.49. The first-order chi connectivity index (χ1) is 14.4. The smallest absolute Gasteiger partial charge is 0.241 e. The fraction of sp³-hybridized carbons (Fsp3) is 0.381. The predicted octanol–water partition coefficient (Wildman–Crippen LogP) is 2.53. The molecule has 1 aliphatic rings. The molecule has 0 bridgehead atoms. The van der Waals surface area contributed by atoms with Gasteiger partial charge in [0.1, 0.15) is 11.8 Å². The van der Waals surface area contributed by atoms with E-state index in [0.717, 1.165) is 18.4 Å². The molecule has 7 nitrogen and oxygen atoms in total. The summed E-state index contributed by atoms with van der Waals surface area (Å²) in [6, 6.07) is 12.4. The Morgan fingerprint density at radius 3 is 2.67 bits per heavy atom. The normalized spacial score (nSPS) is 17.5. The highest BCUT2D eigenvalue weighted by atomic mass is 35.5. The summed E-state index contributed by atoms with van der Waals surface area (Å²) in [5.41, 5.74) is 0.838. The number of hydrogen-bond donors (Lipinski definition) is 2. The van der Waals surface area contributed by atoms with E-state index in [9.17, 15) is 13.2 Å². The molecule has 2 aromatic rings. The van der Waals surface area contributed by atoms with Crippen molar-refractivity contribution in [1.29, 1.82) is 0 Å². The van der Waals surface area contributed by atoms with Crippen LogP contribution in [0.5, 0.6) is 5.75 Å². The maximum atomic E-state index is 12.9. The number of benzene rings is 2. The number of nitrogens with one attached hydrogen (secondary N) is 2. The first kappa shape index (κ1) is 22.6. The molecule has 0 aliphatic carbocycles. The van der Waals surface area contributed by atoms with Crippen LogP contribution in [0, 0.1) is 0 Å². The molecule has 0 unspecified atom stereocenters. The van der Waals surface area contributed by atoms with Crippen LogP contribution in [0.3, 0.4) is 0 Å². The second-order valence-corrected chi connectivity index (χ2v) is 9.16. The standard InChI is InChI=1S/C21H25ClN2O5S/c1-28-20-10-9-17(13-18(20)22)30(26,27)24-19(12-15-6-3-2-4-7-15)21(25)23-14-16-8-5-11-29-16/h2-4,6-7,9-10,13,16,19,24H,5,8,11-12,14H2,1H3,(H,23,25)/t16-,19+/m0/s1. The van der Waals surface area contributed by atoms with Gasteiger partial charge in [-0.1, -0.05) is 41.9 Å². The van der Waals surface area contributed by atoms with Crippen LogP contribution < -0.4 is 14.8 Å². The van der Waals surface area contributed by atoms with Crippen molar-refractivity contribution in [3.8, 4) is 5.75 Å². The van der Waals surface area contributed by atoms with Gasteiger partial charge in [-0.3, -0.25) is 4.79 Å². The largest absolute Gasteiger partial charge is 0.495 e. The quantitative estimate of drug-likeness (QED) is 0.609. The van der Waals surface area contributed by atoms with Gasteiger partial charge in [0, 0.05) is 13.2 Å². The van der Waals surface area contributed by atoms with E-state index in [0.29, 0.717) is 18.9 Å². The van der Waals surface area contributed by atoms with Crippen LogP contribution in [-0.2, 0) is 26.0 Å². The fourth-order valence-electron chi connectivity index (χ4n) is 3.25. The Kier molecular flexibility index (Phi) is 7.71.